The molecular weight excluding hydrogens is 297 g/mol. The molecule has 0 aliphatic carbocycles. The molecule has 74 valence electrons. The van der Waals surface area contributed by atoms with Crippen LogP contribution in [0.4, 0.5) is 0 Å². The number of fused-ring (bicyclic) bond motifs is 1. The molecule has 1 heterocycles. The molecular formula is C9H8INO3. The Morgan fingerprint density at radius 2 is 2.36 bits per heavy atom. The van der Waals surface area contributed by atoms with Gasteiger partial charge in [-0.3, -0.25) is 0 Å². The maximum atomic E-state index is 10.9. The summed E-state index contributed by atoms with van der Waals surface area (Å²) in [7, 11) is 0. The molecule has 1 aromatic carbocycles. The van der Waals surface area contributed by atoms with Crippen molar-refractivity contribution in [2.75, 3.05) is 6.61 Å². The Labute approximate surface area is 94.2 Å². The first-order chi connectivity index (χ1) is 6.61. The predicted molar refractivity (Wildman–Crippen MR) is 58.5 cm³/mol. The Bertz CT molecular complexity index is 405. The third kappa shape index (κ3) is 1.36. The largest absolute Gasteiger partial charge is 0.490 e. The van der Waals surface area contributed by atoms with Crippen LogP contribution in [0.1, 0.15) is 22.0 Å². The molecule has 0 aromatic heterocycles. The molecule has 0 bridgehead atoms. The third-order valence-corrected chi connectivity index (χ3v) is 3.09. The van der Waals surface area contributed by atoms with Crippen molar-refractivity contribution in [3.63, 3.8) is 0 Å². The summed E-state index contributed by atoms with van der Waals surface area (Å²) in [6.07, 6.45) is 0. The molecule has 0 fully saturated rings. The van der Waals surface area contributed by atoms with Crippen molar-refractivity contribution in [2.45, 2.75) is 6.04 Å². The fourth-order valence-electron chi connectivity index (χ4n) is 1.50. The monoisotopic (exact) mass is 305 g/mol. The number of aromatic carboxylic acids is 1. The minimum atomic E-state index is -0.980. The summed E-state index contributed by atoms with van der Waals surface area (Å²) in [4.78, 5) is 10.9. The first kappa shape index (κ1) is 9.72. The van der Waals surface area contributed by atoms with Crippen molar-refractivity contribution >= 4 is 28.6 Å². The molecule has 14 heavy (non-hydrogen) atoms. The van der Waals surface area contributed by atoms with Crippen molar-refractivity contribution in [1.82, 2.24) is 0 Å². The Hall–Kier alpha value is -0.820. The predicted octanol–water partition coefficient (Wildman–Crippen LogP) is 1.38. The molecule has 5 heteroatoms. The molecule has 1 atom stereocenters. The van der Waals surface area contributed by atoms with Crippen LogP contribution in [-0.4, -0.2) is 17.7 Å². The number of carbonyl (C=O) groups is 1. The Morgan fingerprint density at radius 1 is 1.64 bits per heavy atom. The summed E-state index contributed by atoms with van der Waals surface area (Å²) in [5.74, 6) is -0.552. The van der Waals surface area contributed by atoms with Crippen molar-refractivity contribution in [2.24, 2.45) is 5.73 Å². The van der Waals surface area contributed by atoms with Crippen LogP contribution in [-0.2, 0) is 0 Å². The van der Waals surface area contributed by atoms with Gasteiger partial charge in [0.1, 0.15) is 17.9 Å². The summed E-state index contributed by atoms with van der Waals surface area (Å²) in [5.41, 5.74) is 6.79. The minimum Gasteiger partial charge on any atom is -0.490 e. The van der Waals surface area contributed by atoms with Gasteiger partial charge in [0.05, 0.1) is 6.04 Å². The highest BCUT2D eigenvalue weighted by Gasteiger charge is 2.28. The highest BCUT2D eigenvalue weighted by atomic mass is 127. The van der Waals surface area contributed by atoms with E-state index in [9.17, 15) is 4.79 Å². The number of carboxylic acid groups (broad SMARTS) is 1. The van der Waals surface area contributed by atoms with E-state index >= 15 is 0 Å². The lowest BCUT2D eigenvalue weighted by Gasteiger charge is -2.06. The van der Waals surface area contributed by atoms with E-state index in [4.69, 9.17) is 15.6 Å². The molecule has 0 amide bonds. The number of hydrogen-bond acceptors (Lipinski definition) is 3. The van der Waals surface area contributed by atoms with Crippen LogP contribution in [0.15, 0.2) is 12.1 Å². The molecule has 2 rings (SSSR count). The van der Waals surface area contributed by atoms with Crippen LogP contribution in [0, 0.1) is 3.57 Å². The average Bonchev–Trinajstić information content (AvgIpc) is 2.49. The highest BCUT2D eigenvalue weighted by Crippen LogP contribution is 2.37. The van der Waals surface area contributed by atoms with Crippen LogP contribution in [0.3, 0.4) is 0 Å². The van der Waals surface area contributed by atoms with Gasteiger partial charge in [0.25, 0.3) is 0 Å². The lowest BCUT2D eigenvalue weighted by molar-refractivity contribution is 0.0693. The fourth-order valence-corrected chi connectivity index (χ4v) is 2.33. The Kier molecular flexibility index (Phi) is 2.36. The summed E-state index contributed by atoms with van der Waals surface area (Å²) in [6.45, 7) is 0.357. The first-order valence-electron chi connectivity index (χ1n) is 4.05. The van der Waals surface area contributed by atoms with E-state index in [1.807, 2.05) is 0 Å². The molecule has 0 saturated carbocycles. The van der Waals surface area contributed by atoms with E-state index in [0.717, 1.165) is 9.13 Å². The van der Waals surface area contributed by atoms with Gasteiger partial charge >= 0.3 is 5.97 Å². The number of ether oxygens (including phenoxy) is 1. The smallest absolute Gasteiger partial charge is 0.339 e. The molecule has 0 unspecified atom stereocenters. The van der Waals surface area contributed by atoms with E-state index in [0.29, 0.717) is 12.4 Å². The second-order valence-electron chi connectivity index (χ2n) is 3.06. The third-order valence-electron chi connectivity index (χ3n) is 2.15. The first-order valence-corrected chi connectivity index (χ1v) is 5.13. The molecule has 1 aromatic rings. The maximum absolute atomic E-state index is 10.9. The summed E-state index contributed by atoms with van der Waals surface area (Å²) in [6, 6.07) is 3.08. The minimum absolute atomic E-state index is 0.188. The van der Waals surface area contributed by atoms with Gasteiger partial charge in [0.15, 0.2) is 0 Å². The van der Waals surface area contributed by atoms with Gasteiger partial charge in [-0.2, -0.15) is 0 Å². The van der Waals surface area contributed by atoms with Gasteiger partial charge in [-0.25, -0.2) is 4.79 Å². The number of rotatable bonds is 1. The maximum Gasteiger partial charge on any atom is 0.339 e. The highest BCUT2D eigenvalue weighted by molar-refractivity contribution is 14.1. The molecule has 0 saturated heterocycles. The molecule has 1 aliphatic heterocycles. The van der Waals surface area contributed by atoms with Crippen LogP contribution in [0.5, 0.6) is 5.75 Å². The number of halogens is 1. The van der Waals surface area contributed by atoms with E-state index < -0.39 is 5.97 Å². The van der Waals surface area contributed by atoms with Crippen LogP contribution in [0.2, 0.25) is 0 Å². The Morgan fingerprint density at radius 3 is 3.00 bits per heavy atom. The van der Waals surface area contributed by atoms with Gasteiger partial charge in [0.2, 0.25) is 0 Å². The van der Waals surface area contributed by atoms with Gasteiger partial charge in [-0.1, -0.05) is 0 Å². The quantitative estimate of drug-likeness (QED) is 0.769. The van der Waals surface area contributed by atoms with Gasteiger partial charge < -0.3 is 15.6 Å². The SMILES string of the molecule is N[C@H]1COc2c(C(=O)O)ccc(I)c21. The van der Waals surface area contributed by atoms with Crippen molar-refractivity contribution in [1.29, 1.82) is 0 Å². The van der Waals surface area contributed by atoms with E-state index in [1.54, 1.807) is 12.1 Å². The second-order valence-corrected chi connectivity index (χ2v) is 4.22. The van der Waals surface area contributed by atoms with E-state index in [1.165, 1.54) is 0 Å². The fraction of sp³-hybridized carbons (Fsp3) is 0.222. The molecule has 0 radical (unpaired) electrons. The lowest BCUT2D eigenvalue weighted by Crippen LogP contribution is -2.11. The zero-order chi connectivity index (χ0) is 10.3. The van der Waals surface area contributed by atoms with Crippen molar-refractivity contribution < 1.29 is 14.6 Å². The van der Waals surface area contributed by atoms with Gasteiger partial charge in [0, 0.05) is 9.13 Å². The van der Waals surface area contributed by atoms with Crippen LogP contribution in [0.25, 0.3) is 0 Å². The zero-order valence-corrected chi connectivity index (χ0v) is 9.32. The lowest BCUT2D eigenvalue weighted by atomic mass is 10.1. The van der Waals surface area contributed by atoms with Crippen LogP contribution >= 0.6 is 22.6 Å². The summed E-state index contributed by atoms with van der Waals surface area (Å²) >= 11 is 2.13. The molecule has 4 nitrogen and oxygen atoms in total. The topological polar surface area (TPSA) is 72.5 Å². The van der Waals surface area contributed by atoms with Crippen LogP contribution < -0.4 is 10.5 Å². The molecule has 1 aliphatic rings. The Balaban J connectivity index is 2.64. The van der Waals surface area contributed by atoms with E-state index in [2.05, 4.69) is 22.6 Å². The van der Waals surface area contributed by atoms with Crippen molar-refractivity contribution in [3.05, 3.63) is 26.8 Å². The number of carboxylic acids is 1. The van der Waals surface area contributed by atoms with Gasteiger partial charge in [-0.15, -0.1) is 0 Å². The standard InChI is InChI=1S/C9H8INO3/c10-5-2-1-4(9(12)13)8-7(5)6(11)3-14-8/h1-2,6H,3,11H2,(H,12,13)/t6-/m0/s1. The summed E-state index contributed by atoms with van der Waals surface area (Å²) in [5, 5.41) is 8.90. The molecule has 0 spiro atoms. The van der Waals surface area contributed by atoms with Gasteiger partial charge in [-0.05, 0) is 34.7 Å². The number of benzene rings is 1. The second kappa shape index (κ2) is 3.39. The number of hydrogen-bond donors (Lipinski definition) is 2. The van der Waals surface area contributed by atoms with Crippen molar-refractivity contribution in [3.8, 4) is 5.75 Å². The zero-order valence-electron chi connectivity index (χ0n) is 7.16. The summed E-state index contributed by atoms with van der Waals surface area (Å²) < 4.78 is 6.22. The van der Waals surface area contributed by atoms with E-state index in [-0.39, 0.29) is 11.6 Å². The average molecular weight is 305 g/mol. The molecule has 3 N–H and O–H groups in total. The number of nitrogens with two attached hydrogens (primary N) is 1. The normalized spacial score (nSPS) is 18.9.